The molecule has 0 aromatic carbocycles. The van der Waals surface area contributed by atoms with Crippen molar-refractivity contribution in [3.8, 4) is 9.88 Å². The molecule has 10 heteroatoms. The van der Waals surface area contributed by atoms with Crippen molar-refractivity contribution in [1.29, 1.82) is 0 Å². The van der Waals surface area contributed by atoms with Crippen molar-refractivity contribution < 1.29 is 13.2 Å². The Morgan fingerprint density at radius 2 is 1.91 bits per heavy atom. The van der Waals surface area contributed by atoms with E-state index in [2.05, 4.69) is 20.9 Å². The van der Waals surface area contributed by atoms with Gasteiger partial charge in [-0.2, -0.15) is 4.31 Å². The molecule has 0 atom stereocenters. The highest BCUT2D eigenvalue weighted by Gasteiger charge is 2.27. The maximum Gasteiger partial charge on any atom is 0.273 e. The number of sulfonamides is 1. The first kappa shape index (κ1) is 17.0. The van der Waals surface area contributed by atoms with Gasteiger partial charge < -0.3 is 4.90 Å². The minimum Gasteiger partial charge on any atom is -0.335 e. The van der Waals surface area contributed by atoms with Crippen LogP contribution in [0.2, 0.25) is 0 Å². The lowest BCUT2D eigenvalue weighted by atomic mass is 10.3. The van der Waals surface area contributed by atoms with Crippen LogP contribution >= 0.6 is 38.6 Å². The van der Waals surface area contributed by atoms with Gasteiger partial charge in [-0.15, -0.1) is 22.7 Å². The van der Waals surface area contributed by atoms with Gasteiger partial charge >= 0.3 is 0 Å². The van der Waals surface area contributed by atoms with E-state index in [-0.39, 0.29) is 5.91 Å². The maximum atomic E-state index is 12.5. The second-order valence-electron chi connectivity index (χ2n) is 5.12. The molecular weight excluding hydrogens is 422 g/mol. The minimum atomic E-state index is -3.19. The fourth-order valence-corrected chi connectivity index (χ4v) is 5.42. The largest absolute Gasteiger partial charge is 0.335 e. The number of rotatable bonds is 3. The molecule has 0 spiro atoms. The van der Waals surface area contributed by atoms with Gasteiger partial charge in [-0.3, -0.25) is 4.79 Å². The van der Waals surface area contributed by atoms with Gasteiger partial charge in [0.05, 0.1) is 11.1 Å². The number of carbonyl (C=O) groups is 1. The molecule has 23 heavy (non-hydrogen) atoms. The van der Waals surface area contributed by atoms with Gasteiger partial charge in [-0.25, -0.2) is 13.4 Å². The van der Waals surface area contributed by atoms with E-state index in [1.165, 1.54) is 21.9 Å². The topological polar surface area (TPSA) is 70.6 Å². The van der Waals surface area contributed by atoms with Gasteiger partial charge in [-0.05, 0) is 22.0 Å². The first-order valence-electron chi connectivity index (χ1n) is 6.79. The molecule has 3 heterocycles. The van der Waals surface area contributed by atoms with Gasteiger partial charge in [0.15, 0.2) is 0 Å². The standard InChI is InChI=1S/C13H14BrN3O3S3/c1-23(19,20)17-4-2-16(3-5-17)13(18)10-8-22-12(15-10)11-6-9(14)7-21-11/h6-8H,2-5H2,1H3. The average Bonchev–Trinajstić information content (AvgIpc) is 3.14. The lowest BCUT2D eigenvalue weighted by molar-refractivity contribution is 0.0693. The first-order valence-corrected chi connectivity index (χ1v) is 11.2. The number of nitrogens with zero attached hydrogens (tertiary/aromatic N) is 3. The van der Waals surface area contributed by atoms with Crippen LogP contribution in [0.15, 0.2) is 21.3 Å². The van der Waals surface area contributed by atoms with Crippen molar-refractivity contribution in [1.82, 2.24) is 14.2 Å². The van der Waals surface area contributed by atoms with Gasteiger partial charge in [0.2, 0.25) is 10.0 Å². The Kier molecular flexibility index (Phi) is 4.88. The zero-order chi connectivity index (χ0) is 16.6. The van der Waals surface area contributed by atoms with Crippen molar-refractivity contribution in [2.45, 2.75) is 0 Å². The molecule has 1 aliphatic heterocycles. The summed E-state index contributed by atoms with van der Waals surface area (Å²) in [4.78, 5) is 19.6. The third-order valence-corrected chi connectivity index (χ3v) is 7.50. The molecular formula is C13H14BrN3O3S3. The molecule has 0 radical (unpaired) electrons. The quantitative estimate of drug-likeness (QED) is 0.741. The predicted octanol–water partition coefficient (Wildman–Crippen LogP) is 2.35. The van der Waals surface area contributed by atoms with Crippen LogP contribution < -0.4 is 0 Å². The zero-order valence-electron chi connectivity index (χ0n) is 12.2. The van der Waals surface area contributed by atoms with E-state index in [0.29, 0.717) is 31.9 Å². The van der Waals surface area contributed by atoms with Crippen LogP contribution in [0.1, 0.15) is 10.5 Å². The smallest absolute Gasteiger partial charge is 0.273 e. The van der Waals surface area contributed by atoms with Crippen molar-refractivity contribution in [3.05, 3.63) is 27.0 Å². The molecule has 2 aromatic rings. The van der Waals surface area contributed by atoms with Crippen LogP contribution in [0.25, 0.3) is 9.88 Å². The number of carbonyl (C=O) groups excluding carboxylic acids is 1. The Bertz CT molecular complexity index is 822. The van der Waals surface area contributed by atoms with Crippen LogP contribution in [0, 0.1) is 0 Å². The zero-order valence-corrected chi connectivity index (χ0v) is 16.3. The van der Waals surface area contributed by atoms with Crippen molar-refractivity contribution in [3.63, 3.8) is 0 Å². The van der Waals surface area contributed by atoms with E-state index in [0.717, 1.165) is 14.4 Å². The summed E-state index contributed by atoms with van der Waals surface area (Å²) in [5.41, 5.74) is 0.419. The molecule has 0 aliphatic carbocycles. The van der Waals surface area contributed by atoms with Gasteiger partial charge in [-0.1, -0.05) is 0 Å². The molecule has 2 aromatic heterocycles. The Morgan fingerprint density at radius 1 is 1.22 bits per heavy atom. The van der Waals surface area contributed by atoms with E-state index in [4.69, 9.17) is 0 Å². The number of thiazole rings is 1. The molecule has 0 unspecified atom stereocenters. The highest BCUT2D eigenvalue weighted by molar-refractivity contribution is 9.10. The third-order valence-electron chi connectivity index (χ3n) is 3.50. The Balaban J connectivity index is 1.69. The normalized spacial score (nSPS) is 16.7. The maximum absolute atomic E-state index is 12.5. The Hall–Kier alpha value is -0.810. The molecule has 1 fully saturated rings. The average molecular weight is 436 g/mol. The molecule has 0 bridgehead atoms. The summed E-state index contributed by atoms with van der Waals surface area (Å²) in [6, 6.07) is 1.97. The summed E-state index contributed by atoms with van der Waals surface area (Å²) in [6.45, 7) is 1.45. The number of halogens is 1. The lowest BCUT2D eigenvalue weighted by Crippen LogP contribution is -2.50. The summed E-state index contributed by atoms with van der Waals surface area (Å²) in [6.07, 6.45) is 1.19. The second-order valence-corrected chi connectivity index (χ2v) is 9.79. The molecule has 1 aliphatic rings. The second kappa shape index (κ2) is 6.60. The highest BCUT2D eigenvalue weighted by atomic mass is 79.9. The SMILES string of the molecule is CS(=O)(=O)N1CCN(C(=O)c2csc(-c3cc(Br)cs3)n2)CC1. The van der Waals surface area contributed by atoms with Gasteiger partial charge in [0.25, 0.3) is 5.91 Å². The molecule has 0 N–H and O–H groups in total. The molecule has 1 saturated heterocycles. The number of hydrogen-bond acceptors (Lipinski definition) is 6. The minimum absolute atomic E-state index is 0.142. The summed E-state index contributed by atoms with van der Waals surface area (Å²) in [5.74, 6) is -0.142. The van der Waals surface area contributed by atoms with Crippen LogP contribution in [-0.2, 0) is 10.0 Å². The lowest BCUT2D eigenvalue weighted by Gasteiger charge is -2.32. The van der Waals surface area contributed by atoms with Gasteiger partial charge in [0, 0.05) is 41.4 Å². The fourth-order valence-electron chi connectivity index (χ4n) is 2.30. The summed E-state index contributed by atoms with van der Waals surface area (Å²) < 4.78 is 25.4. The molecule has 3 rings (SSSR count). The third kappa shape index (κ3) is 3.82. The Morgan fingerprint density at radius 3 is 2.48 bits per heavy atom. The van der Waals surface area contributed by atoms with Crippen molar-refractivity contribution in [2.24, 2.45) is 0 Å². The van der Waals surface area contributed by atoms with Crippen molar-refractivity contribution in [2.75, 3.05) is 32.4 Å². The molecule has 124 valence electrons. The monoisotopic (exact) mass is 435 g/mol. The van der Waals surface area contributed by atoms with Crippen LogP contribution in [0.3, 0.4) is 0 Å². The van der Waals surface area contributed by atoms with Crippen LogP contribution in [0.5, 0.6) is 0 Å². The van der Waals surface area contributed by atoms with Gasteiger partial charge in [0.1, 0.15) is 10.7 Å². The summed E-state index contributed by atoms with van der Waals surface area (Å²) in [7, 11) is -3.19. The van der Waals surface area contributed by atoms with E-state index in [1.807, 2.05) is 11.4 Å². The number of amides is 1. The van der Waals surface area contributed by atoms with Crippen molar-refractivity contribution >= 4 is 54.5 Å². The van der Waals surface area contributed by atoms with E-state index in [9.17, 15) is 13.2 Å². The van der Waals surface area contributed by atoms with E-state index < -0.39 is 10.0 Å². The molecule has 0 saturated carbocycles. The fraction of sp³-hybridized carbons (Fsp3) is 0.385. The summed E-state index contributed by atoms with van der Waals surface area (Å²) in [5, 5.41) is 4.55. The Labute approximate surface area is 150 Å². The predicted molar refractivity (Wildman–Crippen MR) is 95.4 cm³/mol. The number of hydrogen-bond donors (Lipinski definition) is 0. The molecule has 1 amide bonds. The van der Waals surface area contributed by atoms with E-state index in [1.54, 1.807) is 21.6 Å². The highest BCUT2D eigenvalue weighted by Crippen LogP contribution is 2.32. The van der Waals surface area contributed by atoms with Crippen LogP contribution in [-0.4, -0.2) is 60.9 Å². The number of piperazine rings is 1. The number of aromatic nitrogens is 1. The summed E-state index contributed by atoms with van der Waals surface area (Å²) >= 11 is 6.41. The first-order chi connectivity index (χ1) is 10.8. The number of thiophene rings is 1. The van der Waals surface area contributed by atoms with Crippen LogP contribution in [0.4, 0.5) is 0 Å². The van der Waals surface area contributed by atoms with E-state index >= 15 is 0 Å². The molecule has 6 nitrogen and oxygen atoms in total.